The summed E-state index contributed by atoms with van der Waals surface area (Å²) in [6.07, 6.45) is -0.830. The zero-order chi connectivity index (χ0) is 13.8. The summed E-state index contributed by atoms with van der Waals surface area (Å²) >= 11 is 0. The minimum absolute atomic E-state index is 0.0765. The molecule has 19 heavy (non-hydrogen) atoms. The molecule has 1 aromatic carbocycles. The number of nitrogens with zero attached hydrogens (tertiary/aromatic N) is 3. The summed E-state index contributed by atoms with van der Waals surface area (Å²) in [5.41, 5.74) is 10.2. The number of aliphatic hydroxyl groups excluding tert-OH is 2. The van der Waals surface area contributed by atoms with Gasteiger partial charge in [-0.2, -0.15) is 0 Å². The van der Waals surface area contributed by atoms with E-state index in [-0.39, 0.29) is 18.7 Å². The molecule has 0 saturated carbocycles. The lowest BCUT2D eigenvalue weighted by Gasteiger charge is -2.20. The first kappa shape index (κ1) is 13.5. The van der Waals surface area contributed by atoms with Gasteiger partial charge in [0.25, 0.3) is 0 Å². The van der Waals surface area contributed by atoms with Gasteiger partial charge in [-0.05, 0) is 29.5 Å². The summed E-state index contributed by atoms with van der Waals surface area (Å²) in [4.78, 5) is 14.2. The molecule has 6 nitrogen and oxygen atoms in total. The molecule has 0 fully saturated rings. The molecule has 0 aliphatic heterocycles. The molecule has 0 spiro atoms. The topological polar surface area (TPSA) is 106 Å². The number of hydrogen-bond acceptors (Lipinski definition) is 4. The number of carbonyl (C=O) groups excluding carboxylic acids is 1. The average Bonchev–Trinajstić information content (AvgIpc) is 2.80. The Morgan fingerprint density at radius 3 is 2.89 bits per heavy atom. The Morgan fingerprint density at radius 1 is 1.37 bits per heavy atom. The number of benzene rings is 1. The van der Waals surface area contributed by atoms with E-state index in [4.69, 9.17) is 5.53 Å². The molecule has 0 aromatic heterocycles. The highest BCUT2D eigenvalue weighted by Gasteiger charge is 2.27. The zero-order valence-corrected chi connectivity index (χ0v) is 10.4. The number of fused-ring (bicyclic) bond motifs is 1. The molecule has 100 valence electrons. The van der Waals surface area contributed by atoms with Crippen LogP contribution in [0.2, 0.25) is 0 Å². The third kappa shape index (κ3) is 2.76. The second kappa shape index (κ2) is 5.84. The second-order valence-electron chi connectivity index (χ2n) is 4.55. The third-order valence-electron chi connectivity index (χ3n) is 3.39. The standard InChI is InChI=1S/C13H15N3O3/c14-16-15-7-6-12(18)13(19)10-3-1-2-9-8(10)4-5-11(9)17/h1-3,12-13,18-19H,4-7H2. The predicted octanol–water partition coefficient (Wildman–Crippen LogP) is 1.91. The summed E-state index contributed by atoms with van der Waals surface area (Å²) in [7, 11) is 0. The Hall–Kier alpha value is -1.88. The summed E-state index contributed by atoms with van der Waals surface area (Å²) in [5, 5.41) is 23.3. The van der Waals surface area contributed by atoms with Crippen molar-refractivity contribution in [3.05, 3.63) is 45.3 Å². The third-order valence-corrected chi connectivity index (χ3v) is 3.39. The molecule has 2 atom stereocenters. The molecule has 2 rings (SSSR count). The molecular weight excluding hydrogens is 246 g/mol. The van der Waals surface area contributed by atoms with Crippen molar-refractivity contribution in [2.45, 2.75) is 31.5 Å². The van der Waals surface area contributed by atoms with E-state index >= 15 is 0 Å². The normalized spacial score (nSPS) is 16.6. The van der Waals surface area contributed by atoms with Crippen LogP contribution in [-0.2, 0) is 6.42 Å². The van der Waals surface area contributed by atoms with Crippen LogP contribution in [0.3, 0.4) is 0 Å². The van der Waals surface area contributed by atoms with Gasteiger partial charge in [0.2, 0.25) is 0 Å². The first-order chi connectivity index (χ1) is 9.15. The maximum Gasteiger partial charge on any atom is 0.163 e. The highest BCUT2D eigenvalue weighted by Crippen LogP contribution is 2.31. The van der Waals surface area contributed by atoms with Gasteiger partial charge in [-0.25, -0.2) is 0 Å². The lowest BCUT2D eigenvalue weighted by atomic mass is 9.95. The van der Waals surface area contributed by atoms with E-state index in [0.29, 0.717) is 24.0 Å². The Kier molecular flexibility index (Phi) is 4.16. The second-order valence-corrected chi connectivity index (χ2v) is 4.55. The van der Waals surface area contributed by atoms with E-state index in [1.54, 1.807) is 18.2 Å². The van der Waals surface area contributed by atoms with Gasteiger partial charge >= 0.3 is 0 Å². The number of hydrogen-bond donors (Lipinski definition) is 2. The van der Waals surface area contributed by atoms with E-state index < -0.39 is 12.2 Å². The molecule has 0 radical (unpaired) electrons. The minimum atomic E-state index is -1.06. The molecule has 2 N–H and O–H groups in total. The van der Waals surface area contributed by atoms with E-state index in [1.807, 2.05) is 0 Å². The average molecular weight is 261 g/mol. The fraction of sp³-hybridized carbons (Fsp3) is 0.462. The minimum Gasteiger partial charge on any atom is -0.390 e. The fourth-order valence-electron chi connectivity index (χ4n) is 2.40. The van der Waals surface area contributed by atoms with Crippen molar-refractivity contribution in [3.63, 3.8) is 0 Å². The van der Waals surface area contributed by atoms with E-state index in [0.717, 1.165) is 5.56 Å². The number of rotatable bonds is 5. The molecule has 0 saturated heterocycles. The summed E-state index contributed by atoms with van der Waals surface area (Å²) in [6.45, 7) is 0.128. The van der Waals surface area contributed by atoms with E-state index in [1.165, 1.54) is 0 Å². The number of carbonyl (C=O) groups is 1. The van der Waals surface area contributed by atoms with E-state index in [2.05, 4.69) is 10.0 Å². The van der Waals surface area contributed by atoms with Crippen LogP contribution in [0.25, 0.3) is 10.4 Å². The van der Waals surface area contributed by atoms with Crippen LogP contribution in [0, 0.1) is 0 Å². The Balaban J connectivity index is 2.18. The summed E-state index contributed by atoms with van der Waals surface area (Å²) in [5.74, 6) is 0.0765. The van der Waals surface area contributed by atoms with Crippen LogP contribution in [-0.4, -0.2) is 28.6 Å². The monoisotopic (exact) mass is 261 g/mol. The van der Waals surface area contributed by atoms with Crippen molar-refractivity contribution in [2.75, 3.05) is 6.54 Å². The number of azide groups is 1. The molecule has 1 aliphatic carbocycles. The van der Waals surface area contributed by atoms with Crippen LogP contribution < -0.4 is 0 Å². The van der Waals surface area contributed by atoms with Gasteiger partial charge in [0.05, 0.1) is 6.10 Å². The van der Waals surface area contributed by atoms with Crippen LogP contribution in [0.4, 0.5) is 0 Å². The number of ketones is 1. The highest BCUT2D eigenvalue weighted by atomic mass is 16.3. The summed E-state index contributed by atoms with van der Waals surface area (Å²) in [6, 6.07) is 5.17. The maximum absolute atomic E-state index is 11.6. The van der Waals surface area contributed by atoms with Gasteiger partial charge in [-0.15, -0.1) is 0 Å². The molecule has 0 bridgehead atoms. The highest BCUT2D eigenvalue weighted by molar-refractivity contribution is 6.00. The van der Waals surface area contributed by atoms with Crippen molar-refractivity contribution in [2.24, 2.45) is 5.11 Å². The van der Waals surface area contributed by atoms with Crippen LogP contribution in [0.15, 0.2) is 23.3 Å². The van der Waals surface area contributed by atoms with Gasteiger partial charge in [-0.3, -0.25) is 4.79 Å². The maximum atomic E-state index is 11.6. The molecule has 0 amide bonds. The van der Waals surface area contributed by atoms with Crippen molar-refractivity contribution in [3.8, 4) is 0 Å². The van der Waals surface area contributed by atoms with Gasteiger partial charge in [0.15, 0.2) is 5.78 Å². The molecule has 1 aromatic rings. The van der Waals surface area contributed by atoms with Crippen LogP contribution in [0.5, 0.6) is 0 Å². The van der Waals surface area contributed by atoms with Crippen LogP contribution >= 0.6 is 0 Å². The molecular formula is C13H15N3O3. The summed E-state index contributed by atoms with van der Waals surface area (Å²) < 4.78 is 0. The van der Waals surface area contributed by atoms with Crippen molar-refractivity contribution < 1.29 is 15.0 Å². The smallest absolute Gasteiger partial charge is 0.163 e. The van der Waals surface area contributed by atoms with Gasteiger partial charge in [-0.1, -0.05) is 23.3 Å². The molecule has 2 unspecified atom stereocenters. The largest absolute Gasteiger partial charge is 0.390 e. The Labute approximate surface area is 110 Å². The van der Waals surface area contributed by atoms with Crippen molar-refractivity contribution in [1.82, 2.24) is 0 Å². The first-order valence-corrected chi connectivity index (χ1v) is 6.17. The van der Waals surface area contributed by atoms with E-state index in [9.17, 15) is 15.0 Å². The van der Waals surface area contributed by atoms with Crippen LogP contribution in [0.1, 0.15) is 40.4 Å². The number of aliphatic hydroxyl groups is 2. The Bertz CT molecular complexity index is 538. The zero-order valence-electron chi connectivity index (χ0n) is 10.4. The van der Waals surface area contributed by atoms with Gasteiger partial charge in [0.1, 0.15) is 6.10 Å². The molecule has 1 aliphatic rings. The predicted molar refractivity (Wildman–Crippen MR) is 68.7 cm³/mol. The first-order valence-electron chi connectivity index (χ1n) is 6.17. The molecule has 0 heterocycles. The van der Waals surface area contributed by atoms with Gasteiger partial charge < -0.3 is 10.2 Å². The van der Waals surface area contributed by atoms with Crippen molar-refractivity contribution in [1.29, 1.82) is 0 Å². The van der Waals surface area contributed by atoms with Crippen molar-refractivity contribution >= 4 is 5.78 Å². The fourth-order valence-corrected chi connectivity index (χ4v) is 2.40. The SMILES string of the molecule is [N-]=[N+]=NCCC(O)C(O)c1cccc2c1CCC2=O. The quantitative estimate of drug-likeness (QED) is 0.480. The lowest BCUT2D eigenvalue weighted by molar-refractivity contribution is 0.0146. The number of Topliss-reactive ketones (excluding diaryl/α,β-unsaturated/α-hetero) is 1. The Morgan fingerprint density at radius 2 is 2.16 bits per heavy atom. The lowest BCUT2D eigenvalue weighted by Crippen LogP contribution is -2.20. The molecule has 6 heteroatoms. The van der Waals surface area contributed by atoms with Gasteiger partial charge in [0, 0.05) is 23.4 Å².